The zero-order chi connectivity index (χ0) is 13.3. The second-order valence-corrected chi connectivity index (χ2v) is 5.80. The van der Waals surface area contributed by atoms with Crippen LogP contribution in [-0.4, -0.2) is 23.2 Å². The van der Waals surface area contributed by atoms with Crippen molar-refractivity contribution < 1.29 is 14.3 Å². The molecule has 0 saturated carbocycles. The Kier molecular flexibility index (Phi) is 3.61. The van der Waals surface area contributed by atoms with E-state index in [-0.39, 0.29) is 23.2 Å². The van der Waals surface area contributed by atoms with Crippen molar-refractivity contribution in [2.75, 3.05) is 5.32 Å². The average Bonchev–Trinajstić information content (AvgIpc) is 2.29. The Balaban J connectivity index is 2.25. The maximum absolute atomic E-state index is 11.7. The molecule has 1 aromatic carbocycles. The molecule has 0 fully saturated rings. The number of carbonyl (C=O) groups is 2. The van der Waals surface area contributed by atoms with Crippen LogP contribution in [0.5, 0.6) is 0 Å². The molecule has 1 aliphatic heterocycles. The normalized spacial score (nSPS) is 18.2. The van der Waals surface area contributed by atoms with Gasteiger partial charge in [0, 0.05) is 4.90 Å². The average molecular weight is 265 g/mol. The summed E-state index contributed by atoms with van der Waals surface area (Å²) in [5.74, 6) is -0.410. The zero-order valence-corrected chi connectivity index (χ0v) is 11.3. The number of carbonyl (C=O) groups excluding carboxylic acids is 2. The van der Waals surface area contributed by atoms with Gasteiger partial charge in [0.1, 0.15) is 0 Å². The first kappa shape index (κ1) is 13.0. The van der Waals surface area contributed by atoms with Crippen molar-refractivity contribution in [2.45, 2.75) is 37.0 Å². The summed E-state index contributed by atoms with van der Waals surface area (Å²) in [4.78, 5) is 24.3. The van der Waals surface area contributed by atoms with Crippen LogP contribution in [0, 0.1) is 0 Å². The van der Waals surface area contributed by atoms with Gasteiger partial charge in [0.2, 0.25) is 5.91 Å². The Morgan fingerprint density at radius 3 is 2.83 bits per heavy atom. The fourth-order valence-electron chi connectivity index (χ4n) is 1.62. The van der Waals surface area contributed by atoms with E-state index < -0.39 is 0 Å². The highest BCUT2D eigenvalue weighted by Gasteiger charge is 2.24. The molecule has 0 aromatic heterocycles. The van der Waals surface area contributed by atoms with Crippen LogP contribution >= 0.6 is 11.8 Å². The van der Waals surface area contributed by atoms with Gasteiger partial charge < -0.3 is 10.1 Å². The summed E-state index contributed by atoms with van der Waals surface area (Å²) in [7, 11) is 0. The van der Waals surface area contributed by atoms with Crippen LogP contribution < -0.4 is 5.32 Å². The summed E-state index contributed by atoms with van der Waals surface area (Å²) in [6.45, 7) is 5.45. The number of fused-ring (bicyclic) bond motifs is 1. The molecular weight excluding hydrogens is 250 g/mol. The highest BCUT2D eigenvalue weighted by atomic mass is 32.2. The topological polar surface area (TPSA) is 55.4 Å². The molecule has 18 heavy (non-hydrogen) atoms. The number of anilines is 1. The van der Waals surface area contributed by atoms with Gasteiger partial charge in [0.05, 0.1) is 22.6 Å². The minimum Gasteiger partial charge on any atom is -0.459 e. The molecule has 1 atom stereocenters. The van der Waals surface area contributed by atoms with E-state index in [4.69, 9.17) is 4.74 Å². The Bertz CT molecular complexity index is 499. The maximum Gasteiger partial charge on any atom is 0.338 e. The number of ether oxygens (including phenoxy) is 1. The van der Waals surface area contributed by atoms with Gasteiger partial charge in [-0.05, 0) is 39.0 Å². The van der Waals surface area contributed by atoms with Crippen LogP contribution in [0.4, 0.5) is 5.69 Å². The number of esters is 1. The van der Waals surface area contributed by atoms with Crippen LogP contribution in [0.15, 0.2) is 23.1 Å². The minimum absolute atomic E-state index is 0.0399. The molecule has 0 saturated heterocycles. The van der Waals surface area contributed by atoms with Crippen LogP contribution in [-0.2, 0) is 9.53 Å². The summed E-state index contributed by atoms with van der Waals surface area (Å²) < 4.78 is 5.12. The maximum atomic E-state index is 11.7. The summed E-state index contributed by atoms with van der Waals surface area (Å²) in [6, 6.07) is 5.23. The van der Waals surface area contributed by atoms with Crippen LogP contribution in [0.25, 0.3) is 0 Å². The summed E-state index contributed by atoms with van der Waals surface area (Å²) in [5, 5.41) is 2.69. The van der Waals surface area contributed by atoms with E-state index >= 15 is 0 Å². The number of hydrogen-bond donors (Lipinski definition) is 1. The Morgan fingerprint density at radius 1 is 1.44 bits per heavy atom. The van der Waals surface area contributed by atoms with Crippen molar-refractivity contribution >= 4 is 29.3 Å². The second kappa shape index (κ2) is 5.02. The molecule has 0 aliphatic carbocycles. The smallest absolute Gasteiger partial charge is 0.338 e. The first-order chi connectivity index (χ1) is 8.47. The molecule has 96 valence electrons. The van der Waals surface area contributed by atoms with E-state index in [0.29, 0.717) is 11.3 Å². The molecule has 0 radical (unpaired) electrons. The van der Waals surface area contributed by atoms with Crippen molar-refractivity contribution in [3.05, 3.63) is 23.8 Å². The molecule has 1 heterocycles. The summed E-state index contributed by atoms with van der Waals surface area (Å²) >= 11 is 1.49. The third kappa shape index (κ3) is 2.67. The van der Waals surface area contributed by atoms with E-state index in [2.05, 4.69) is 5.32 Å². The summed E-state index contributed by atoms with van der Waals surface area (Å²) in [5.41, 5.74) is 1.14. The molecule has 0 unspecified atom stereocenters. The fraction of sp³-hybridized carbons (Fsp3) is 0.385. The van der Waals surface area contributed by atoms with E-state index in [1.54, 1.807) is 26.0 Å². The first-order valence-corrected chi connectivity index (χ1v) is 6.68. The van der Waals surface area contributed by atoms with Crippen molar-refractivity contribution in [3.8, 4) is 0 Å². The number of hydrogen-bond acceptors (Lipinski definition) is 4. The molecule has 1 aromatic rings. The minimum atomic E-state index is -0.370. The van der Waals surface area contributed by atoms with E-state index in [0.717, 1.165) is 4.90 Å². The molecule has 1 aliphatic rings. The lowest BCUT2D eigenvalue weighted by Crippen LogP contribution is -2.26. The highest BCUT2D eigenvalue weighted by molar-refractivity contribution is 8.00. The third-order valence-corrected chi connectivity index (χ3v) is 3.67. The lowest BCUT2D eigenvalue weighted by molar-refractivity contribution is -0.115. The number of benzene rings is 1. The van der Waals surface area contributed by atoms with Gasteiger partial charge in [-0.25, -0.2) is 4.79 Å². The van der Waals surface area contributed by atoms with Crippen LogP contribution in [0.2, 0.25) is 0 Å². The molecule has 1 N–H and O–H groups in total. The quantitative estimate of drug-likeness (QED) is 0.835. The molecule has 1 amide bonds. The van der Waals surface area contributed by atoms with Gasteiger partial charge in [-0.3, -0.25) is 4.79 Å². The zero-order valence-electron chi connectivity index (χ0n) is 10.5. The van der Waals surface area contributed by atoms with Gasteiger partial charge in [-0.1, -0.05) is 0 Å². The van der Waals surface area contributed by atoms with Gasteiger partial charge in [0.15, 0.2) is 0 Å². The number of amides is 1. The Hall–Kier alpha value is -1.49. The molecule has 4 nitrogen and oxygen atoms in total. The lowest BCUT2D eigenvalue weighted by Gasteiger charge is -2.21. The Labute approximate surface area is 110 Å². The fourth-order valence-corrected chi connectivity index (χ4v) is 2.55. The molecule has 0 bridgehead atoms. The largest absolute Gasteiger partial charge is 0.459 e. The molecular formula is C13H15NO3S. The van der Waals surface area contributed by atoms with Gasteiger partial charge in [-0.2, -0.15) is 0 Å². The van der Waals surface area contributed by atoms with Gasteiger partial charge in [-0.15, -0.1) is 11.8 Å². The molecule has 5 heteroatoms. The predicted octanol–water partition coefficient (Wildman–Crippen LogP) is 2.68. The first-order valence-electron chi connectivity index (χ1n) is 5.80. The van der Waals surface area contributed by atoms with E-state index in [9.17, 15) is 9.59 Å². The monoisotopic (exact) mass is 265 g/mol. The van der Waals surface area contributed by atoms with Gasteiger partial charge in [0.25, 0.3) is 0 Å². The molecule has 2 rings (SSSR count). The van der Waals surface area contributed by atoms with Crippen molar-refractivity contribution in [2.24, 2.45) is 0 Å². The van der Waals surface area contributed by atoms with Crippen LogP contribution in [0.1, 0.15) is 31.1 Å². The highest BCUT2D eigenvalue weighted by Crippen LogP contribution is 2.36. The molecule has 0 spiro atoms. The van der Waals surface area contributed by atoms with Crippen molar-refractivity contribution in [1.82, 2.24) is 0 Å². The Morgan fingerprint density at radius 2 is 2.17 bits per heavy atom. The van der Waals surface area contributed by atoms with Crippen LogP contribution in [0.3, 0.4) is 0 Å². The second-order valence-electron chi connectivity index (χ2n) is 4.41. The van der Waals surface area contributed by atoms with E-state index in [1.165, 1.54) is 11.8 Å². The number of rotatable bonds is 2. The standard InChI is InChI=1S/C13H15NO3S/c1-7(2)17-13(16)9-4-5-11-10(6-9)14-12(15)8(3)18-11/h4-8H,1-3H3,(H,14,15)/t8-/m0/s1. The third-order valence-electron chi connectivity index (χ3n) is 2.49. The lowest BCUT2D eigenvalue weighted by atomic mass is 10.2. The van der Waals surface area contributed by atoms with E-state index in [1.807, 2.05) is 13.0 Å². The number of nitrogens with one attached hydrogen (secondary N) is 1. The van der Waals surface area contributed by atoms with Gasteiger partial charge >= 0.3 is 5.97 Å². The SMILES string of the molecule is CC(C)OC(=O)c1ccc2c(c1)NC(=O)[C@H](C)S2. The summed E-state index contributed by atoms with van der Waals surface area (Å²) in [6.07, 6.45) is -0.155. The van der Waals surface area contributed by atoms with Crippen molar-refractivity contribution in [3.63, 3.8) is 0 Å². The van der Waals surface area contributed by atoms with Crippen molar-refractivity contribution in [1.29, 1.82) is 0 Å². The predicted molar refractivity (Wildman–Crippen MR) is 70.9 cm³/mol. The number of thioether (sulfide) groups is 1.